The smallest absolute Gasteiger partial charge is 0.266 e. The minimum atomic E-state index is -3.85. The van der Waals surface area contributed by atoms with Crippen LogP contribution in [0.5, 0.6) is 5.75 Å². The lowest BCUT2D eigenvalue weighted by Gasteiger charge is -2.09. The Morgan fingerprint density at radius 3 is 2.43 bits per heavy atom. The van der Waals surface area contributed by atoms with Crippen molar-refractivity contribution in [3.05, 3.63) is 59.7 Å². The molecule has 23 heavy (non-hydrogen) atoms. The number of nitrogens with one attached hydrogen (secondary N) is 2. The molecule has 0 aliphatic carbocycles. The maximum absolute atomic E-state index is 12.1. The fraction of sp³-hybridized carbons (Fsp3) is 0.188. The molecule has 0 spiro atoms. The molecule has 0 atom stereocenters. The Morgan fingerprint density at radius 2 is 1.83 bits per heavy atom. The first-order valence-electron chi connectivity index (χ1n) is 7.12. The molecule has 0 saturated carbocycles. The van der Waals surface area contributed by atoms with Crippen molar-refractivity contribution in [3.63, 3.8) is 0 Å². The van der Waals surface area contributed by atoms with Gasteiger partial charge in [0.15, 0.2) is 0 Å². The van der Waals surface area contributed by atoms with Gasteiger partial charge in [0.05, 0.1) is 4.90 Å². The summed E-state index contributed by atoms with van der Waals surface area (Å²) in [6.45, 7) is 2.04. The molecule has 0 radical (unpaired) electrons. The molecule has 0 saturated heterocycles. The van der Waals surface area contributed by atoms with Crippen LogP contribution in [0.1, 0.15) is 29.3 Å². The van der Waals surface area contributed by atoms with Crippen molar-refractivity contribution in [2.24, 2.45) is 0 Å². The highest BCUT2D eigenvalue weighted by Crippen LogP contribution is 2.12. The first-order chi connectivity index (χ1) is 10.9. The van der Waals surface area contributed by atoms with Gasteiger partial charge in [0, 0.05) is 5.56 Å². The number of aryl methyl sites for hydroxylation is 1. The predicted molar refractivity (Wildman–Crippen MR) is 86.3 cm³/mol. The van der Waals surface area contributed by atoms with Crippen LogP contribution in [0.4, 0.5) is 0 Å². The van der Waals surface area contributed by atoms with Gasteiger partial charge in [-0.1, -0.05) is 31.5 Å². The summed E-state index contributed by atoms with van der Waals surface area (Å²) in [5.41, 5.74) is 3.31. The van der Waals surface area contributed by atoms with Gasteiger partial charge in [0.2, 0.25) is 0 Å². The van der Waals surface area contributed by atoms with E-state index in [1.165, 1.54) is 36.4 Å². The number of benzene rings is 2. The quantitative estimate of drug-likeness (QED) is 0.704. The first kappa shape index (κ1) is 17.0. The second-order valence-corrected chi connectivity index (χ2v) is 6.69. The van der Waals surface area contributed by atoms with E-state index in [4.69, 9.17) is 0 Å². The van der Waals surface area contributed by atoms with Gasteiger partial charge in [0.25, 0.3) is 15.9 Å². The van der Waals surface area contributed by atoms with Gasteiger partial charge in [0.1, 0.15) is 5.75 Å². The lowest BCUT2D eigenvalue weighted by molar-refractivity contribution is 0.0944. The number of sulfonamides is 1. The number of carbonyl (C=O) groups excluding carboxylic acids is 1. The number of hydrogen-bond donors (Lipinski definition) is 3. The Labute approximate surface area is 135 Å². The van der Waals surface area contributed by atoms with Gasteiger partial charge in [-0.2, -0.15) is 0 Å². The number of hydrazine groups is 1. The topological polar surface area (TPSA) is 95.5 Å². The zero-order chi connectivity index (χ0) is 16.9. The Balaban J connectivity index is 2.05. The second-order valence-electron chi connectivity index (χ2n) is 5.00. The summed E-state index contributed by atoms with van der Waals surface area (Å²) < 4.78 is 24.3. The highest BCUT2D eigenvalue weighted by molar-refractivity contribution is 7.89. The van der Waals surface area contributed by atoms with Gasteiger partial charge in [-0.15, -0.1) is 4.83 Å². The summed E-state index contributed by atoms with van der Waals surface area (Å²) >= 11 is 0. The van der Waals surface area contributed by atoms with Gasteiger partial charge < -0.3 is 5.11 Å². The molecule has 0 aromatic heterocycles. The predicted octanol–water partition coefficient (Wildman–Crippen LogP) is 1.97. The van der Waals surface area contributed by atoms with Gasteiger partial charge in [-0.3, -0.25) is 10.2 Å². The maximum atomic E-state index is 12.1. The summed E-state index contributed by atoms with van der Waals surface area (Å²) in [6, 6.07) is 12.1. The number of carbonyl (C=O) groups is 1. The van der Waals surface area contributed by atoms with Crippen LogP contribution >= 0.6 is 0 Å². The van der Waals surface area contributed by atoms with Crippen LogP contribution in [-0.4, -0.2) is 19.4 Å². The van der Waals surface area contributed by atoms with Crippen molar-refractivity contribution in [2.75, 3.05) is 0 Å². The highest BCUT2D eigenvalue weighted by atomic mass is 32.2. The molecule has 3 N–H and O–H groups in total. The van der Waals surface area contributed by atoms with E-state index in [1.54, 1.807) is 12.1 Å². The van der Waals surface area contributed by atoms with Crippen LogP contribution < -0.4 is 10.3 Å². The minimum absolute atomic E-state index is 0.0635. The van der Waals surface area contributed by atoms with Gasteiger partial charge in [-0.25, -0.2) is 8.42 Å². The fourth-order valence-corrected chi connectivity index (χ4v) is 2.86. The number of amides is 1. The zero-order valence-corrected chi connectivity index (χ0v) is 13.4. The summed E-state index contributed by atoms with van der Waals surface area (Å²) in [4.78, 5) is 14.0. The molecule has 2 rings (SSSR count). The summed E-state index contributed by atoms with van der Waals surface area (Å²) in [5.74, 6) is -0.737. The molecule has 1 amide bonds. The molecule has 2 aromatic carbocycles. The van der Waals surface area contributed by atoms with E-state index >= 15 is 0 Å². The molecule has 0 aliphatic rings. The SMILES string of the molecule is CCCc1ccc(S(=O)(=O)NNC(=O)c2cccc(O)c2)cc1. The maximum Gasteiger partial charge on any atom is 0.266 e. The van der Waals surface area contributed by atoms with E-state index < -0.39 is 15.9 Å². The van der Waals surface area contributed by atoms with Crippen LogP contribution in [-0.2, 0) is 16.4 Å². The molecular weight excluding hydrogens is 316 g/mol. The Kier molecular flexibility index (Phi) is 5.36. The fourth-order valence-electron chi connectivity index (χ4n) is 2.02. The highest BCUT2D eigenvalue weighted by Gasteiger charge is 2.15. The Hall–Kier alpha value is -2.38. The van der Waals surface area contributed by atoms with Gasteiger partial charge in [-0.05, 0) is 42.3 Å². The van der Waals surface area contributed by atoms with Crippen molar-refractivity contribution in [2.45, 2.75) is 24.7 Å². The monoisotopic (exact) mass is 334 g/mol. The molecule has 0 aliphatic heterocycles. The number of aromatic hydroxyl groups is 1. The lowest BCUT2D eigenvalue weighted by Crippen LogP contribution is -2.41. The average Bonchev–Trinajstić information content (AvgIpc) is 2.53. The van der Waals surface area contributed by atoms with E-state index in [0.717, 1.165) is 18.4 Å². The first-order valence-corrected chi connectivity index (χ1v) is 8.61. The number of rotatable bonds is 6. The molecule has 122 valence electrons. The van der Waals surface area contributed by atoms with Crippen molar-refractivity contribution < 1.29 is 18.3 Å². The molecular formula is C16H18N2O4S. The number of hydrogen-bond acceptors (Lipinski definition) is 4. The van der Waals surface area contributed by atoms with Crippen molar-refractivity contribution in [1.29, 1.82) is 0 Å². The van der Waals surface area contributed by atoms with Crippen LogP contribution in [0.25, 0.3) is 0 Å². The van der Waals surface area contributed by atoms with E-state index in [2.05, 4.69) is 5.43 Å². The third kappa shape index (κ3) is 4.54. The van der Waals surface area contributed by atoms with Crippen LogP contribution in [0.3, 0.4) is 0 Å². The Bertz CT molecular complexity index is 786. The van der Waals surface area contributed by atoms with Crippen molar-refractivity contribution in [1.82, 2.24) is 10.3 Å². The molecule has 7 heteroatoms. The molecule has 0 unspecified atom stereocenters. The molecule has 2 aromatic rings. The van der Waals surface area contributed by atoms with E-state index in [1.807, 2.05) is 11.8 Å². The van der Waals surface area contributed by atoms with Crippen LogP contribution in [0, 0.1) is 0 Å². The van der Waals surface area contributed by atoms with Gasteiger partial charge >= 0.3 is 0 Å². The third-order valence-electron chi connectivity index (χ3n) is 3.18. The van der Waals surface area contributed by atoms with Crippen LogP contribution in [0.15, 0.2) is 53.4 Å². The molecule has 0 fully saturated rings. The van der Waals surface area contributed by atoms with Crippen molar-refractivity contribution >= 4 is 15.9 Å². The molecule has 0 heterocycles. The number of phenolic OH excluding ortho intramolecular Hbond substituents is 1. The number of phenols is 1. The molecule has 6 nitrogen and oxygen atoms in total. The van der Waals surface area contributed by atoms with E-state index in [9.17, 15) is 18.3 Å². The summed E-state index contributed by atoms with van der Waals surface area (Å²) in [6.07, 6.45) is 1.85. The summed E-state index contributed by atoms with van der Waals surface area (Å²) in [5, 5.41) is 9.32. The standard InChI is InChI=1S/C16H18N2O4S/c1-2-4-12-7-9-15(10-8-12)23(21,22)18-17-16(20)13-5-3-6-14(19)11-13/h3,5-11,18-19H,2,4H2,1H3,(H,17,20). The Morgan fingerprint density at radius 1 is 1.13 bits per heavy atom. The minimum Gasteiger partial charge on any atom is -0.508 e. The summed E-state index contributed by atoms with van der Waals surface area (Å²) in [7, 11) is -3.85. The van der Waals surface area contributed by atoms with E-state index in [0.29, 0.717) is 0 Å². The zero-order valence-electron chi connectivity index (χ0n) is 12.6. The normalized spacial score (nSPS) is 11.2. The van der Waals surface area contributed by atoms with E-state index in [-0.39, 0.29) is 16.2 Å². The van der Waals surface area contributed by atoms with Crippen molar-refractivity contribution in [3.8, 4) is 5.75 Å². The third-order valence-corrected chi connectivity index (χ3v) is 4.44. The molecule has 0 bridgehead atoms. The lowest BCUT2D eigenvalue weighted by atomic mass is 10.1. The average molecular weight is 334 g/mol. The van der Waals surface area contributed by atoms with Crippen LogP contribution in [0.2, 0.25) is 0 Å². The second kappa shape index (κ2) is 7.26. The largest absolute Gasteiger partial charge is 0.508 e.